The van der Waals surface area contributed by atoms with E-state index >= 15 is 0 Å². The zero-order valence-electron chi connectivity index (χ0n) is 19.0. The molecule has 34 heavy (non-hydrogen) atoms. The molecule has 4 rings (SSSR count). The predicted octanol–water partition coefficient (Wildman–Crippen LogP) is 4.81. The standard InChI is InChI=1S/C25H22N2O6S/c1-12-17(25(29)30)18(14-10-15(31-2)22(33-4)16(11-14)32-3)19-20(26)23(34-24(19)27-12)21(28)13-8-6-5-7-9-13/h5-11H,26H2,1-4H3,(H,29,30). The number of anilines is 1. The monoisotopic (exact) mass is 478 g/mol. The van der Waals surface area contributed by atoms with Gasteiger partial charge in [0, 0.05) is 16.5 Å². The largest absolute Gasteiger partial charge is 0.493 e. The summed E-state index contributed by atoms with van der Waals surface area (Å²) in [6.45, 7) is 1.61. The first-order valence-electron chi connectivity index (χ1n) is 10.2. The Bertz CT molecular complexity index is 1400. The van der Waals surface area contributed by atoms with E-state index in [0.29, 0.717) is 54.7 Å². The maximum atomic E-state index is 13.2. The second-order valence-corrected chi connectivity index (χ2v) is 8.39. The first-order valence-corrected chi connectivity index (χ1v) is 11.0. The summed E-state index contributed by atoms with van der Waals surface area (Å²) in [4.78, 5) is 30.8. The van der Waals surface area contributed by atoms with Crippen LogP contribution in [0, 0.1) is 6.92 Å². The smallest absolute Gasteiger partial charge is 0.338 e. The van der Waals surface area contributed by atoms with Crippen LogP contribution in [-0.2, 0) is 0 Å². The molecular formula is C25H22N2O6S. The Balaban J connectivity index is 2.09. The lowest BCUT2D eigenvalue weighted by molar-refractivity contribution is 0.0696. The number of carbonyl (C=O) groups is 2. The van der Waals surface area contributed by atoms with Crippen LogP contribution in [0.1, 0.15) is 31.3 Å². The molecule has 0 aliphatic carbocycles. The van der Waals surface area contributed by atoms with Crippen molar-refractivity contribution in [2.75, 3.05) is 27.1 Å². The number of hydrogen-bond donors (Lipinski definition) is 2. The van der Waals surface area contributed by atoms with Crippen LogP contribution >= 0.6 is 11.3 Å². The number of pyridine rings is 1. The Kier molecular flexibility index (Phi) is 6.12. The molecule has 9 heteroatoms. The number of ketones is 1. The number of carbonyl (C=O) groups excluding carboxylic acids is 1. The fraction of sp³-hybridized carbons (Fsp3) is 0.160. The molecule has 2 aromatic heterocycles. The number of nitrogens with two attached hydrogens (primary N) is 1. The molecule has 0 aliphatic heterocycles. The summed E-state index contributed by atoms with van der Waals surface area (Å²) in [5.74, 6) is -0.357. The van der Waals surface area contributed by atoms with Gasteiger partial charge in [0.25, 0.3) is 0 Å². The number of carboxylic acids is 1. The van der Waals surface area contributed by atoms with Gasteiger partial charge in [-0.05, 0) is 24.6 Å². The summed E-state index contributed by atoms with van der Waals surface area (Å²) in [7, 11) is 4.43. The quantitative estimate of drug-likeness (QED) is 0.363. The van der Waals surface area contributed by atoms with Crippen molar-refractivity contribution in [1.82, 2.24) is 4.98 Å². The summed E-state index contributed by atoms with van der Waals surface area (Å²) < 4.78 is 16.3. The van der Waals surface area contributed by atoms with Gasteiger partial charge in [-0.2, -0.15) is 0 Å². The van der Waals surface area contributed by atoms with E-state index < -0.39 is 5.97 Å². The summed E-state index contributed by atoms with van der Waals surface area (Å²) >= 11 is 1.13. The van der Waals surface area contributed by atoms with Crippen molar-refractivity contribution in [3.8, 4) is 28.4 Å². The zero-order chi connectivity index (χ0) is 24.6. The fourth-order valence-electron chi connectivity index (χ4n) is 3.93. The van der Waals surface area contributed by atoms with Gasteiger partial charge in [0.05, 0.1) is 38.3 Å². The average molecular weight is 479 g/mol. The molecule has 0 spiro atoms. The van der Waals surface area contributed by atoms with Gasteiger partial charge in [-0.1, -0.05) is 30.3 Å². The maximum absolute atomic E-state index is 13.2. The van der Waals surface area contributed by atoms with E-state index in [-0.39, 0.29) is 17.0 Å². The van der Waals surface area contributed by atoms with Gasteiger partial charge in [0.2, 0.25) is 11.5 Å². The Morgan fingerprint density at radius 2 is 1.62 bits per heavy atom. The molecule has 0 atom stereocenters. The minimum absolute atomic E-state index is 0.0232. The number of aromatic nitrogens is 1. The van der Waals surface area contributed by atoms with Crippen molar-refractivity contribution in [3.05, 3.63) is 64.2 Å². The summed E-state index contributed by atoms with van der Waals surface area (Å²) in [6.07, 6.45) is 0. The lowest BCUT2D eigenvalue weighted by Crippen LogP contribution is -2.07. The lowest BCUT2D eigenvalue weighted by atomic mass is 9.94. The van der Waals surface area contributed by atoms with Crippen LogP contribution in [0.25, 0.3) is 21.3 Å². The molecule has 0 bridgehead atoms. The van der Waals surface area contributed by atoms with E-state index in [9.17, 15) is 14.7 Å². The molecule has 174 valence electrons. The van der Waals surface area contributed by atoms with Crippen molar-refractivity contribution in [1.29, 1.82) is 0 Å². The molecule has 0 aliphatic rings. The molecule has 4 aromatic rings. The highest BCUT2D eigenvalue weighted by Gasteiger charge is 2.28. The first-order chi connectivity index (χ1) is 16.3. The Hall–Kier alpha value is -4.11. The highest BCUT2D eigenvalue weighted by molar-refractivity contribution is 7.21. The number of aromatic carboxylic acids is 1. The number of ether oxygens (including phenoxy) is 3. The molecule has 2 heterocycles. The molecule has 3 N–H and O–H groups in total. The number of aryl methyl sites for hydroxylation is 1. The van der Waals surface area contributed by atoms with Crippen molar-refractivity contribution in [2.24, 2.45) is 0 Å². The molecule has 0 amide bonds. The average Bonchev–Trinajstić information content (AvgIpc) is 3.17. The highest BCUT2D eigenvalue weighted by atomic mass is 32.1. The topological polar surface area (TPSA) is 121 Å². The van der Waals surface area contributed by atoms with Gasteiger partial charge in [-0.15, -0.1) is 11.3 Å². The van der Waals surface area contributed by atoms with Crippen LogP contribution in [0.3, 0.4) is 0 Å². The number of nitrogen functional groups attached to an aromatic ring is 1. The summed E-state index contributed by atoms with van der Waals surface area (Å²) in [6, 6.07) is 12.1. The van der Waals surface area contributed by atoms with Gasteiger partial charge >= 0.3 is 5.97 Å². The first kappa shape index (κ1) is 23.1. The molecule has 0 radical (unpaired) electrons. The minimum Gasteiger partial charge on any atom is -0.493 e. The van der Waals surface area contributed by atoms with E-state index in [1.54, 1.807) is 43.3 Å². The SMILES string of the molecule is COc1cc(-c2c(C(=O)O)c(C)nc3sc(C(=O)c4ccccc4)c(N)c23)cc(OC)c1OC. The minimum atomic E-state index is -1.17. The van der Waals surface area contributed by atoms with Crippen molar-refractivity contribution < 1.29 is 28.9 Å². The number of methoxy groups -OCH3 is 3. The van der Waals surface area contributed by atoms with Gasteiger partial charge in [-0.25, -0.2) is 9.78 Å². The molecule has 0 saturated heterocycles. The van der Waals surface area contributed by atoms with Crippen LogP contribution in [0.2, 0.25) is 0 Å². The van der Waals surface area contributed by atoms with Crippen molar-refractivity contribution >= 4 is 39.0 Å². The summed E-state index contributed by atoms with van der Waals surface area (Å²) in [5, 5.41) is 10.5. The normalized spacial score (nSPS) is 10.8. The van der Waals surface area contributed by atoms with E-state index in [4.69, 9.17) is 19.9 Å². The Morgan fingerprint density at radius 3 is 2.15 bits per heavy atom. The molecule has 0 saturated carbocycles. The number of fused-ring (bicyclic) bond motifs is 1. The number of benzene rings is 2. The number of rotatable bonds is 7. The van der Waals surface area contributed by atoms with Crippen LogP contribution < -0.4 is 19.9 Å². The van der Waals surface area contributed by atoms with E-state index in [2.05, 4.69) is 4.98 Å². The predicted molar refractivity (Wildman–Crippen MR) is 131 cm³/mol. The third-order valence-electron chi connectivity index (χ3n) is 5.47. The third-order valence-corrected chi connectivity index (χ3v) is 6.57. The van der Waals surface area contributed by atoms with Crippen LogP contribution in [-0.4, -0.2) is 43.2 Å². The molecule has 8 nitrogen and oxygen atoms in total. The van der Waals surface area contributed by atoms with Gasteiger partial charge < -0.3 is 25.1 Å². The molecule has 0 fully saturated rings. The third kappa shape index (κ3) is 3.69. The van der Waals surface area contributed by atoms with E-state index in [1.807, 2.05) is 6.07 Å². The van der Waals surface area contributed by atoms with Gasteiger partial charge in [0.1, 0.15) is 9.71 Å². The summed E-state index contributed by atoms with van der Waals surface area (Å²) in [5.41, 5.74) is 8.23. The lowest BCUT2D eigenvalue weighted by Gasteiger charge is -2.17. The van der Waals surface area contributed by atoms with E-state index in [0.717, 1.165) is 11.3 Å². The molecular weight excluding hydrogens is 456 g/mol. The van der Waals surface area contributed by atoms with Gasteiger partial charge in [-0.3, -0.25) is 4.79 Å². The second kappa shape index (κ2) is 9.03. The Labute approximate surface area is 199 Å². The zero-order valence-corrected chi connectivity index (χ0v) is 19.8. The second-order valence-electron chi connectivity index (χ2n) is 7.39. The maximum Gasteiger partial charge on any atom is 0.338 e. The number of thiophene rings is 1. The van der Waals surface area contributed by atoms with Gasteiger partial charge in [0.15, 0.2) is 11.5 Å². The number of hydrogen-bond acceptors (Lipinski definition) is 8. The number of nitrogens with zero attached hydrogens (tertiary/aromatic N) is 1. The van der Waals surface area contributed by atoms with Crippen molar-refractivity contribution in [2.45, 2.75) is 6.92 Å². The van der Waals surface area contributed by atoms with Crippen molar-refractivity contribution in [3.63, 3.8) is 0 Å². The molecule has 0 unspecified atom stereocenters. The Morgan fingerprint density at radius 1 is 1.00 bits per heavy atom. The van der Waals surface area contributed by atoms with Crippen LogP contribution in [0.4, 0.5) is 5.69 Å². The van der Waals surface area contributed by atoms with E-state index in [1.165, 1.54) is 21.3 Å². The highest BCUT2D eigenvalue weighted by Crippen LogP contribution is 2.47. The van der Waals surface area contributed by atoms with Crippen LogP contribution in [0.5, 0.6) is 17.2 Å². The fourth-order valence-corrected chi connectivity index (χ4v) is 5.04. The molecule has 2 aromatic carbocycles. The van der Waals surface area contributed by atoms with Crippen LogP contribution in [0.15, 0.2) is 42.5 Å². The number of carboxylic acid groups (broad SMARTS) is 1.